The molecule has 1 aliphatic heterocycles. The first kappa shape index (κ1) is 16.7. The van der Waals surface area contributed by atoms with E-state index in [4.69, 9.17) is 0 Å². The molecule has 1 aliphatic rings. The number of nitrogens with one attached hydrogen (secondary N) is 1. The van der Waals surface area contributed by atoms with E-state index in [1.54, 1.807) is 0 Å². The van der Waals surface area contributed by atoms with Crippen LogP contribution in [0.2, 0.25) is 0 Å². The molecule has 98 valence electrons. The van der Waals surface area contributed by atoms with Crippen molar-refractivity contribution in [3.63, 3.8) is 0 Å². The Morgan fingerprint density at radius 3 is 2.53 bits per heavy atom. The van der Waals surface area contributed by atoms with Crippen LogP contribution in [0.15, 0.2) is 30.3 Å². The van der Waals surface area contributed by atoms with E-state index >= 15 is 0 Å². The molecular formula is C13H20Cl2N2-2. The van der Waals surface area contributed by atoms with Gasteiger partial charge in [0.05, 0.1) is 0 Å². The van der Waals surface area contributed by atoms with E-state index in [1.165, 1.54) is 44.6 Å². The summed E-state index contributed by atoms with van der Waals surface area (Å²) in [7, 11) is 0. The minimum absolute atomic E-state index is 0. The van der Waals surface area contributed by atoms with Gasteiger partial charge < -0.3 is 35.0 Å². The number of hydrogen-bond acceptors (Lipinski definition) is 2. The van der Waals surface area contributed by atoms with Crippen LogP contribution < -0.4 is 30.1 Å². The van der Waals surface area contributed by atoms with E-state index in [1.807, 2.05) is 0 Å². The Morgan fingerprint density at radius 2 is 1.76 bits per heavy atom. The Balaban J connectivity index is 0.00000128. The molecule has 1 saturated heterocycles. The molecule has 0 spiro atoms. The van der Waals surface area contributed by atoms with Crippen molar-refractivity contribution in [2.24, 2.45) is 0 Å². The maximum atomic E-state index is 3.43. The highest BCUT2D eigenvalue weighted by atomic mass is 35.5. The van der Waals surface area contributed by atoms with Crippen molar-refractivity contribution in [3.8, 4) is 0 Å². The van der Waals surface area contributed by atoms with Crippen LogP contribution in [0.3, 0.4) is 0 Å². The van der Waals surface area contributed by atoms with Crippen LogP contribution in [0.4, 0.5) is 0 Å². The zero-order valence-electron chi connectivity index (χ0n) is 10.0. The van der Waals surface area contributed by atoms with Gasteiger partial charge in [0, 0.05) is 19.6 Å². The molecule has 1 aromatic carbocycles. The maximum absolute atomic E-state index is 3.43. The molecule has 2 rings (SSSR count). The topological polar surface area (TPSA) is 15.3 Å². The van der Waals surface area contributed by atoms with Gasteiger partial charge in [0.2, 0.25) is 0 Å². The lowest BCUT2D eigenvalue weighted by Crippen LogP contribution is -3.00. The fourth-order valence-electron chi connectivity index (χ4n) is 2.06. The summed E-state index contributed by atoms with van der Waals surface area (Å²) in [6, 6.07) is 10.8. The highest BCUT2D eigenvalue weighted by Crippen LogP contribution is 2.02. The molecule has 0 saturated carbocycles. The van der Waals surface area contributed by atoms with Gasteiger partial charge in [-0.2, -0.15) is 0 Å². The van der Waals surface area contributed by atoms with Gasteiger partial charge in [0.25, 0.3) is 0 Å². The third kappa shape index (κ3) is 6.27. The summed E-state index contributed by atoms with van der Waals surface area (Å²) in [5.41, 5.74) is 1.45. The standard InChI is InChI=1S/C13H20N2.2ClH/c1-2-5-13(6-3-1)7-11-15-10-4-8-14-9-12-15;;/h1-3,5-6,14H,4,7-12H2;2*1H/p-2. The summed E-state index contributed by atoms with van der Waals surface area (Å²) < 4.78 is 0. The Kier molecular flexibility index (Phi) is 9.56. The van der Waals surface area contributed by atoms with E-state index in [2.05, 4.69) is 40.5 Å². The second-order valence-electron chi connectivity index (χ2n) is 4.18. The lowest BCUT2D eigenvalue weighted by atomic mass is 10.1. The molecule has 1 heterocycles. The van der Waals surface area contributed by atoms with Crippen LogP contribution in [0.1, 0.15) is 12.0 Å². The molecule has 4 heteroatoms. The van der Waals surface area contributed by atoms with Gasteiger partial charge in [-0.05, 0) is 31.5 Å². The molecule has 17 heavy (non-hydrogen) atoms. The number of nitrogens with zero attached hydrogens (tertiary/aromatic N) is 1. The molecule has 1 fully saturated rings. The summed E-state index contributed by atoms with van der Waals surface area (Å²) in [6.07, 6.45) is 2.47. The normalized spacial score (nSPS) is 16.5. The Morgan fingerprint density at radius 1 is 1.00 bits per heavy atom. The third-order valence-electron chi connectivity index (χ3n) is 2.99. The summed E-state index contributed by atoms with van der Waals surface area (Å²) in [5.74, 6) is 0. The molecule has 1 aromatic rings. The van der Waals surface area contributed by atoms with Crippen LogP contribution >= 0.6 is 0 Å². The smallest absolute Gasteiger partial charge is 0.0107 e. The van der Waals surface area contributed by atoms with E-state index in [0.29, 0.717) is 0 Å². The SMILES string of the molecule is [Cl-].[Cl-].c1ccc(CCN2CCCNCC2)cc1. The Bertz CT molecular complexity index is 272. The highest BCUT2D eigenvalue weighted by Gasteiger charge is 2.07. The largest absolute Gasteiger partial charge is 1.00 e. The monoisotopic (exact) mass is 274 g/mol. The number of halogens is 2. The molecule has 1 N–H and O–H groups in total. The van der Waals surface area contributed by atoms with Crippen molar-refractivity contribution in [1.29, 1.82) is 0 Å². The second-order valence-corrected chi connectivity index (χ2v) is 4.18. The molecule has 0 radical (unpaired) electrons. The van der Waals surface area contributed by atoms with Crippen LogP contribution in [0, 0.1) is 0 Å². The average Bonchev–Trinajstić information content (AvgIpc) is 2.56. The third-order valence-corrected chi connectivity index (χ3v) is 2.99. The van der Waals surface area contributed by atoms with Gasteiger partial charge in [-0.25, -0.2) is 0 Å². The zero-order valence-corrected chi connectivity index (χ0v) is 11.6. The van der Waals surface area contributed by atoms with Crippen LogP contribution in [0.5, 0.6) is 0 Å². The molecule has 0 aliphatic carbocycles. The summed E-state index contributed by atoms with van der Waals surface area (Å²) in [4.78, 5) is 2.56. The predicted molar refractivity (Wildman–Crippen MR) is 64.1 cm³/mol. The van der Waals surface area contributed by atoms with Gasteiger partial charge in [-0.1, -0.05) is 30.3 Å². The Hall–Kier alpha value is -0.280. The maximum Gasteiger partial charge on any atom is 0.0107 e. The van der Waals surface area contributed by atoms with Crippen LogP contribution in [0.25, 0.3) is 0 Å². The van der Waals surface area contributed by atoms with Gasteiger partial charge in [-0.15, -0.1) is 0 Å². The summed E-state index contributed by atoms with van der Waals surface area (Å²) >= 11 is 0. The van der Waals surface area contributed by atoms with Gasteiger partial charge in [0.15, 0.2) is 0 Å². The highest BCUT2D eigenvalue weighted by molar-refractivity contribution is 5.14. The van der Waals surface area contributed by atoms with E-state index < -0.39 is 0 Å². The lowest BCUT2D eigenvalue weighted by molar-refractivity contribution is -0.00100. The molecule has 2 nitrogen and oxygen atoms in total. The van der Waals surface area contributed by atoms with Crippen LogP contribution in [-0.2, 0) is 6.42 Å². The van der Waals surface area contributed by atoms with Gasteiger partial charge in [-0.3, -0.25) is 0 Å². The average molecular weight is 275 g/mol. The zero-order chi connectivity index (χ0) is 10.3. The summed E-state index contributed by atoms with van der Waals surface area (Å²) in [6.45, 7) is 5.98. The van der Waals surface area contributed by atoms with Crippen molar-refractivity contribution in [1.82, 2.24) is 10.2 Å². The second kappa shape index (κ2) is 9.72. The molecule has 0 atom stereocenters. The van der Waals surface area contributed by atoms with Crippen molar-refractivity contribution >= 4 is 0 Å². The first-order valence-corrected chi connectivity index (χ1v) is 5.92. The fraction of sp³-hybridized carbons (Fsp3) is 0.538. The number of benzene rings is 1. The molecule has 0 aromatic heterocycles. The van der Waals surface area contributed by atoms with Gasteiger partial charge in [0.1, 0.15) is 0 Å². The lowest BCUT2D eigenvalue weighted by Gasteiger charge is -2.19. The number of rotatable bonds is 3. The first-order valence-electron chi connectivity index (χ1n) is 5.92. The summed E-state index contributed by atoms with van der Waals surface area (Å²) in [5, 5.41) is 3.43. The predicted octanol–water partition coefficient (Wildman–Crippen LogP) is -4.47. The van der Waals surface area contributed by atoms with E-state index in [9.17, 15) is 0 Å². The molecular weight excluding hydrogens is 255 g/mol. The fourth-order valence-corrected chi connectivity index (χ4v) is 2.06. The first-order chi connectivity index (χ1) is 7.45. The minimum Gasteiger partial charge on any atom is -1.00 e. The van der Waals surface area contributed by atoms with Gasteiger partial charge >= 0.3 is 0 Å². The van der Waals surface area contributed by atoms with Crippen molar-refractivity contribution in [3.05, 3.63) is 35.9 Å². The van der Waals surface area contributed by atoms with Crippen molar-refractivity contribution in [2.75, 3.05) is 32.7 Å². The van der Waals surface area contributed by atoms with Crippen molar-refractivity contribution < 1.29 is 24.8 Å². The quantitative estimate of drug-likeness (QED) is 0.599. The van der Waals surface area contributed by atoms with E-state index in [-0.39, 0.29) is 24.8 Å². The minimum atomic E-state index is 0. The molecule has 0 amide bonds. The number of hydrogen-bond donors (Lipinski definition) is 1. The van der Waals surface area contributed by atoms with Crippen LogP contribution in [-0.4, -0.2) is 37.6 Å². The molecule has 0 unspecified atom stereocenters. The molecule has 0 bridgehead atoms. The Labute approximate surface area is 117 Å². The van der Waals surface area contributed by atoms with E-state index in [0.717, 1.165) is 6.54 Å². The van der Waals surface area contributed by atoms with Crippen molar-refractivity contribution in [2.45, 2.75) is 12.8 Å².